The summed E-state index contributed by atoms with van der Waals surface area (Å²) in [5, 5.41) is 0.433. The fourth-order valence-corrected chi connectivity index (χ4v) is 2.06. The van der Waals surface area contributed by atoms with E-state index in [0.717, 1.165) is 0 Å². The van der Waals surface area contributed by atoms with Crippen LogP contribution in [0.1, 0.15) is 33.3 Å². The molecule has 6 heteroatoms. The summed E-state index contributed by atoms with van der Waals surface area (Å²) in [6.45, 7) is 1.93. The van der Waals surface area contributed by atoms with Crippen molar-refractivity contribution in [2.75, 3.05) is 12.9 Å². The molecule has 0 aliphatic carbocycles. The van der Waals surface area contributed by atoms with E-state index in [4.69, 9.17) is 4.74 Å². The minimum Gasteiger partial charge on any atom is -0.462 e. The molecule has 0 spiro atoms. The Morgan fingerprint density at radius 2 is 1.95 bits per heavy atom. The Morgan fingerprint density at radius 3 is 2.57 bits per heavy atom. The van der Waals surface area contributed by atoms with Crippen molar-refractivity contribution in [2.45, 2.75) is 12.1 Å². The molecule has 5 nitrogen and oxygen atoms in total. The standard InChI is InChI=1S/C15H14N2O3S/c1-3-20-14(19)11-9-16-15(21-2)17-12(11)13(18)10-7-5-4-6-8-10/h4-9H,3H2,1-2H3. The second-order valence-corrected chi connectivity index (χ2v) is 4.81. The molecule has 0 unspecified atom stereocenters. The van der Waals surface area contributed by atoms with Crippen LogP contribution in [-0.2, 0) is 4.74 Å². The van der Waals surface area contributed by atoms with Crippen LogP contribution in [0.15, 0.2) is 41.7 Å². The number of nitrogens with zero attached hydrogens (tertiary/aromatic N) is 2. The van der Waals surface area contributed by atoms with Crippen LogP contribution in [0.3, 0.4) is 0 Å². The maximum Gasteiger partial charge on any atom is 0.342 e. The van der Waals surface area contributed by atoms with Gasteiger partial charge in [0.1, 0.15) is 11.3 Å². The summed E-state index contributed by atoms with van der Waals surface area (Å²) in [7, 11) is 0. The molecule has 2 rings (SSSR count). The van der Waals surface area contributed by atoms with E-state index in [1.165, 1.54) is 18.0 Å². The van der Waals surface area contributed by atoms with Crippen LogP contribution in [-0.4, -0.2) is 34.6 Å². The maximum atomic E-state index is 12.5. The molecule has 0 radical (unpaired) electrons. The predicted molar refractivity (Wildman–Crippen MR) is 79.6 cm³/mol. The Kier molecular flexibility index (Phi) is 5.05. The van der Waals surface area contributed by atoms with Gasteiger partial charge in [0, 0.05) is 11.8 Å². The van der Waals surface area contributed by atoms with Gasteiger partial charge in [-0.1, -0.05) is 42.1 Å². The van der Waals surface area contributed by atoms with Crippen molar-refractivity contribution in [3.05, 3.63) is 53.3 Å². The molecule has 0 bridgehead atoms. The zero-order valence-electron chi connectivity index (χ0n) is 11.7. The number of ketones is 1. The first kappa shape index (κ1) is 15.2. The summed E-state index contributed by atoms with van der Waals surface area (Å²) >= 11 is 1.30. The molecule has 1 heterocycles. The van der Waals surface area contributed by atoms with Crippen molar-refractivity contribution in [1.29, 1.82) is 0 Å². The molecule has 0 amide bonds. The average molecular weight is 302 g/mol. The molecule has 1 aromatic heterocycles. The van der Waals surface area contributed by atoms with Gasteiger partial charge in [-0.2, -0.15) is 0 Å². The number of hydrogen-bond acceptors (Lipinski definition) is 6. The molecule has 0 aliphatic heterocycles. The molecule has 21 heavy (non-hydrogen) atoms. The lowest BCUT2D eigenvalue weighted by Gasteiger charge is -2.08. The first-order chi connectivity index (χ1) is 10.2. The second-order valence-electron chi connectivity index (χ2n) is 4.03. The first-order valence-corrected chi connectivity index (χ1v) is 7.57. The fraction of sp³-hybridized carbons (Fsp3) is 0.200. The third-order valence-corrected chi connectivity index (χ3v) is 3.26. The highest BCUT2D eigenvalue weighted by Gasteiger charge is 2.22. The topological polar surface area (TPSA) is 69.2 Å². The molecule has 0 atom stereocenters. The molecule has 1 aromatic carbocycles. The minimum absolute atomic E-state index is 0.0685. The Balaban J connectivity index is 2.49. The minimum atomic E-state index is -0.593. The summed E-state index contributed by atoms with van der Waals surface area (Å²) in [5.74, 6) is -0.916. The number of rotatable bonds is 5. The van der Waals surface area contributed by atoms with Crippen LogP contribution < -0.4 is 0 Å². The van der Waals surface area contributed by atoms with Crippen molar-refractivity contribution in [1.82, 2.24) is 9.97 Å². The van der Waals surface area contributed by atoms with Crippen molar-refractivity contribution in [2.24, 2.45) is 0 Å². The zero-order chi connectivity index (χ0) is 15.2. The van der Waals surface area contributed by atoms with E-state index in [9.17, 15) is 9.59 Å². The van der Waals surface area contributed by atoms with Crippen LogP contribution in [0, 0.1) is 0 Å². The van der Waals surface area contributed by atoms with Crippen molar-refractivity contribution >= 4 is 23.5 Å². The number of carbonyl (C=O) groups excluding carboxylic acids is 2. The van der Waals surface area contributed by atoms with E-state index in [-0.39, 0.29) is 23.6 Å². The third kappa shape index (κ3) is 3.46. The number of ether oxygens (including phenoxy) is 1. The lowest BCUT2D eigenvalue weighted by atomic mass is 10.0. The van der Waals surface area contributed by atoms with Gasteiger partial charge in [-0.05, 0) is 13.2 Å². The number of esters is 1. The number of hydrogen-bond donors (Lipinski definition) is 0. The predicted octanol–water partition coefficient (Wildman–Crippen LogP) is 2.61. The normalized spacial score (nSPS) is 10.2. The summed E-state index contributed by atoms with van der Waals surface area (Å²) in [6, 6.07) is 8.69. The maximum absolute atomic E-state index is 12.5. The SMILES string of the molecule is CCOC(=O)c1cnc(SC)nc1C(=O)c1ccccc1. The first-order valence-electron chi connectivity index (χ1n) is 6.35. The van der Waals surface area contributed by atoms with Crippen molar-refractivity contribution in [3.8, 4) is 0 Å². The monoisotopic (exact) mass is 302 g/mol. The van der Waals surface area contributed by atoms with E-state index >= 15 is 0 Å². The van der Waals surface area contributed by atoms with Gasteiger partial charge < -0.3 is 4.74 Å². The summed E-state index contributed by atoms with van der Waals surface area (Å²) < 4.78 is 4.95. The van der Waals surface area contributed by atoms with E-state index < -0.39 is 5.97 Å². The quantitative estimate of drug-likeness (QED) is 0.366. The number of aromatic nitrogens is 2. The van der Waals surface area contributed by atoms with Gasteiger partial charge in [-0.3, -0.25) is 4.79 Å². The smallest absolute Gasteiger partial charge is 0.342 e. The van der Waals surface area contributed by atoms with Crippen molar-refractivity contribution < 1.29 is 14.3 Å². The number of benzene rings is 1. The Bertz CT molecular complexity index is 659. The number of thioether (sulfide) groups is 1. The van der Waals surface area contributed by atoms with Crippen LogP contribution in [0.25, 0.3) is 0 Å². The van der Waals surface area contributed by atoms with Crippen LogP contribution in [0.5, 0.6) is 0 Å². The van der Waals surface area contributed by atoms with Crippen molar-refractivity contribution in [3.63, 3.8) is 0 Å². The molecular weight excluding hydrogens is 288 g/mol. The summed E-state index contributed by atoms with van der Waals surface area (Å²) in [6.07, 6.45) is 3.14. The molecule has 108 valence electrons. The highest BCUT2D eigenvalue weighted by molar-refractivity contribution is 7.98. The van der Waals surface area contributed by atoms with Gasteiger partial charge in [0.05, 0.1) is 6.61 Å². The van der Waals surface area contributed by atoms with Gasteiger partial charge in [0.2, 0.25) is 5.78 Å². The largest absolute Gasteiger partial charge is 0.462 e. The lowest BCUT2D eigenvalue weighted by Crippen LogP contribution is -2.16. The van der Waals surface area contributed by atoms with E-state index in [1.54, 1.807) is 37.4 Å². The molecule has 0 saturated carbocycles. The molecular formula is C15H14N2O3S. The van der Waals surface area contributed by atoms with Gasteiger partial charge >= 0.3 is 5.97 Å². The second kappa shape index (κ2) is 6.99. The van der Waals surface area contributed by atoms with Crippen LogP contribution in [0.4, 0.5) is 0 Å². The Hall–Kier alpha value is -2.21. The molecule has 0 aliphatic rings. The summed E-state index contributed by atoms with van der Waals surface area (Å²) in [4.78, 5) is 32.7. The van der Waals surface area contributed by atoms with Crippen LogP contribution >= 0.6 is 11.8 Å². The molecule has 0 N–H and O–H groups in total. The summed E-state index contributed by atoms with van der Waals surface area (Å²) in [5.41, 5.74) is 0.622. The lowest BCUT2D eigenvalue weighted by molar-refractivity contribution is 0.0522. The van der Waals surface area contributed by atoms with Gasteiger partial charge in [-0.15, -0.1) is 0 Å². The van der Waals surface area contributed by atoms with Crippen LogP contribution in [0.2, 0.25) is 0 Å². The van der Waals surface area contributed by atoms with Gasteiger partial charge in [0.15, 0.2) is 5.16 Å². The highest BCUT2D eigenvalue weighted by atomic mass is 32.2. The molecule has 2 aromatic rings. The number of carbonyl (C=O) groups is 2. The molecule has 0 saturated heterocycles. The van der Waals surface area contributed by atoms with E-state index in [0.29, 0.717) is 10.7 Å². The highest BCUT2D eigenvalue weighted by Crippen LogP contribution is 2.17. The third-order valence-electron chi connectivity index (χ3n) is 2.70. The zero-order valence-corrected chi connectivity index (χ0v) is 12.5. The Morgan fingerprint density at radius 1 is 1.24 bits per heavy atom. The van der Waals surface area contributed by atoms with E-state index in [1.807, 2.05) is 6.07 Å². The average Bonchev–Trinajstić information content (AvgIpc) is 2.54. The van der Waals surface area contributed by atoms with Gasteiger partial charge in [0.25, 0.3) is 0 Å². The fourth-order valence-electron chi connectivity index (χ4n) is 1.72. The van der Waals surface area contributed by atoms with E-state index in [2.05, 4.69) is 9.97 Å². The Labute approximate surface area is 126 Å². The van der Waals surface area contributed by atoms with Gasteiger partial charge in [-0.25, -0.2) is 14.8 Å². The molecule has 0 fully saturated rings.